The van der Waals surface area contributed by atoms with Crippen molar-refractivity contribution < 1.29 is 4.74 Å². The fourth-order valence-electron chi connectivity index (χ4n) is 3.56. The minimum absolute atomic E-state index is 0.663. The molecule has 0 N–H and O–H groups in total. The molecule has 2 aliphatic heterocycles. The highest BCUT2D eigenvalue weighted by Gasteiger charge is 2.34. The lowest BCUT2D eigenvalue weighted by atomic mass is 10.1. The van der Waals surface area contributed by atoms with Crippen molar-refractivity contribution in [1.29, 1.82) is 0 Å². The van der Waals surface area contributed by atoms with Crippen molar-refractivity contribution in [2.75, 3.05) is 26.2 Å². The van der Waals surface area contributed by atoms with Crippen molar-refractivity contribution in [1.82, 2.24) is 9.80 Å². The van der Waals surface area contributed by atoms with Crippen molar-refractivity contribution in [2.45, 2.75) is 45.3 Å². The van der Waals surface area contributed by atoms with Crippen LogP contribution in [0.1, 0.15) is 32.3 Å². The Morgan fingerprint density at radius 3 is 2.75 bits per heavy atom. The molecule has 3 nitrogen and oxygen atoms in total. The molecule has 0 saturated carbocycles. The van der Waals surface area contributed by atoms with Gasteiger partial charge in [-0.1, -0.05) is 12.1 Å². The zero-order valence-electron chi connectivity index (χ0n) is 12.7. The highest BCUT2D eigenvalue weighted by Crippen LogP contribution is 2.26. The van der Waals surface area contributed by atoms with Gasteiger partial charge in [-0.25, -0.2) is 0 Å². The van der Waals surface area contributed by atoms with Gasteiger partial charge in [0.2, 0.25) is 0 Å². The molecular weight excluding hydrogens is 248 g/mol. The maximum atomic E-state index is 5.51. The number of piperazine rings is 1. The van der Waals surface area contributed by atoms with Gasteiger partial charge in [-0.2, -0.15) is 0 Å². The molecule has 1 unspecified atom stereocenters. The van der Waals surface area contributed by atoms with Gasteiger partial charge in [-0.05, 0) is 50.9 Å². The molecule has 3 rings (SSSR count). The van der Waals surface area contributed by atoms with Gasteiger partial charge >= 0.3 is 0 Å². The van der Waals surface area contributed by atoms with Gasteiger partial charge in [0.15, 0.2) is 0 Å². The molecule has 0 amide bonds. The smallest absolute Gasteiger partial charge is 0.119 e. The van der Waals surface area contributed by atoms with Gasteiger partial charge in [0.05, 0.1) is 6.61 Å². The van der Waals surface area contributed by atoms with Crippen molar-refractivity contribution in [3.8, 4) is 5.75 Å². The van der Waals surface area contributed by atoms with Crippen LogP contribution in [0.3, 0.4) is 0 Å². The van der Waals surface area contributed by atoms with Crippen molar-refractivity contribution in [3.63, 3.8) is 0 Å². The van der Waals surface area contributed by atoms with E-state index in [-0.39, 0.29) is 0 Å². The average molecular weight is 274 g/mol. The first-order valence-corrected chi connectivity index (χ1v) is 7.96. The monoisotopic (exact) mass is 274 g/mol. The van der Waals surface area contributed by atoms with Crippen LogP contribution in [0.25, 0.3) is 0 Å². The molecule has 2 fully saturated rings. The van der Waals surface area contributed by atoms with E-state index in [0.29, 0.717) is 6.04 Å². The minimum Gasteiger partial charge on any atom is -0.494 e. The third kappa shape index (κ3) is 2.99. The van der Waals surface area contributed by atoms with Gasteiger partial charge in [0.1, 0.15) is 5.75 Å². The molecule has 0 radical (unpaired) electrons. The second-order valence-electron chi connectivity index (χ2n) is 6.15. The minimum atomic E-state index is 0.663. The van der Waals surface area contributed by atoms with E-state index in [1.807, 2.05) is 6.92 Å². The topological polar surface area (TPSA) is 15.7 Å². The lowest BCUT2D eigenvalue weighted by Crippen LogP contribution is -2.54. The van der Waals surface area contributed by atoms with Gasteiger partial charge in [-0.15, -0.1) is 0 Å². The van der Waals surface area contributed by atoms with Crippen molar-refractivity contribution in [3.05, 3.63) is 29.8 Å². The third-order valence-corrected chi connectivity index (χ3v) is 4.69. The molecule has 0 aliphatic carbocycles. The number of hydrogen-bond donors (Lipinski definition) is 0. The van der Waals surface area contributed by atoms with Gasteiger partial charge in [0, 0.05) is 31.7 Å². The third-order valence-electron chi connectivity index (χ3n) is 4.69. The Morgan fingerprint density at radius 2 is 2.00 bits per heavy atom. The van der Waals surface area contributed by atoms with Crippen molar-refractivity contribution in [2.24, 2.45) is 0 Å². The molecule has 0 bridgehead atoms. The summed E-state index contributed by atoms with van der Waals surface area (Å²) in [6.45, 7) is 9.97. The Kier molecular flexibility index (Phi) is 4.27. The Balaban J connectivity index is 1.61. The lowest BCUT2D eigenvalue weighted by Gasteiger charge is -2.42. The largest absolute Gasteiger partial charge is 0.494 e. The molecule has 2 atom stereocenters. The van der Waals surface area contributed by atoms with Gasteiger partial charge < -0.3 is 4.74 Å². The van der Waals surface area contributed by atoms with Gasteiger partial charge in [0.25, 0.3) is 0 Å². The SMILES string of the molecule is CCOc1ccc(CN2CC3CCCN3C[C@H]2C)cc1. The molecule has 0 aromatic heterocycles. The van der Waals surface area contributed by atoms with Crippen molar-refractivity contribution >= 4 is 0 Å². The summed E-state index contributed by atoms with van der Waals surface area (Å²) in [6, 6.07) is 10.1. The molecule has 2 aliphatic rings. The first-order valence-electron chi connectivity index (χ1n) is 7.96. The molecular formula is C17H26N2O. The molecule has 110 valence electrons. The van der Waals surface area contributed by atoms with Crippen LogP contribution >= 0.6 is 0 Å². The maximum Gasteiger partial charge on any atom is 0.119 e. The molecule has 1 aromatic carbocycles. The van der Waals surface area contributed by atoms with E-state index in [2.05, 4.69) is 41.0 Å². The van der Waals surface area contributed by atoms with Crippen LogP contribution in [-0.2, 0) is 6.54 Å². The number of nitrogens with zero attached hydrogens (tertiary/aromatic N) is 2. The molecule has 1 aromatic rings. The number of hydrogen-bond acceptors (Lipinski definition) is 3. The van der Waals surface area contributed by atoms with E-state index < -0.39 is 0 Å². The number of benzene rings is 1. The average Bonchev–Trinajstić information content (AvgIpc) is 2.89. The predicted octanol–water partition coefficient (Wildman–Crippen LogP) is 2.75. The summed E-state index contributed by atoms with van der Waals surface area (Å²) in [4.78, 5) is 5.32. The van der Waals surface area contributed by atoms with E-state index in [1.165, 1.54) is 38.0 Å². The van der Waals surface area contributed by atoms with Crippen LogP contribution in [-0.4, -0.2) is 48.1 Å². The van der Waals surface area contributed by atoms with E-state index >= 15 is 0 Å². The maximum absolute atomic E-state index is 5.51. The van der Waals surface area contributed by atoms with Crippen LogP contribution in [0.2, 0.25) is 0 Å². The zero-order valence-corrected chi connectivity index (χ0v) is 12.7. The lowest BCUT2D eigenvalue weighted by molar-refractivity contribution is 0.0540. The zero-order chi connectivity index (χ0) is 13.9. The van der Waals surface area contributed by atoms with E-state index in [1.54, 1.807) is 0 Å². The summed E-state index contributed by atoms with van der Waals surface area (Å²) in [6.07, 6.45) is 2.76. The summed E-state index contributed by atoms with van der Waals surface area (Å²) in [5, 5.41) is 0. The molecule has 20 heavy (non-hydrogen) atoms. The molecule has 0 spiro atoms. The Bertz CT molecular complexity index is 431. The normalized spacial score (nSPS) is 27.5. The first-order chi connectivity index (χ1) is 9.76. The summed E-state index contributed by atoms with van der Waals surface area (Å²) in [7, 11) is 0. The number of ether oxygens (including phenoxy) is 1. The van der Waals surface area contributed by atoms with E-state index in [0.717, 1.165) is 24.9 Å². The Labute approximate surface area is 122 Å². The Morgan fingerprint density at radius 1 is 1.20 bits per heavy atom. The number of rotatable bonds is 4. The van der Waals surface area contributed by atoms with Gasteiger partial charge in [-0.3, -0.25) is 9.80 Å². The quantitative estimate of drug-likeness (QED) is 0.839. The van der Waals surface area contributed by atoms with Crippen LogP contribution in [0.5, 0.6) is 5.75 Å². The summed E-state index contributed by atoms with van der Waals surface area (Å²) >= 11 is 0. The Hall–Kier alpha value is -1.06. The first kappa shape index (κ1) is 13.9. The van der Waals surface area contributed by atoms with Crippen LogP contribution in [0.15, 0.2) is 24.3 Å². The standard InChI is InChI=1S/C17H26N2O/c1-3-20-17-8-6-15(7-9-17)12-19-13-16-5-4-10-18(16)11-14(19)2/h6-9,14,16H,3-5,10-13H2,1-2H3/t14-,16?/m1/s1. The fourth-order valence-corrected chi connectivity index (χ4v) is 3.56. The second-order valence-corrected chi connectivity index (χ2v) is 6.15. The molecule has 2 saturated heterocycles. The summed E-state index contributed by atoms with van der Waals surface area (Å²) in [5.74, 6) is 0.977. The molecule has 2 heterocycles. The van der Waals surface area contributed by atoms with E-state index in [9.17, 15) is 0 Å². The van der Waals surface area contributed by atoms with Crippen LogP contribution in [0.4, 0.5) is 0 Å². The number of fused-ring (bicyclic) bond motifs is 1. The van der Waals surface area contributed by atoms with E-state index in [4.69, 9.17) is 4.74 Å². The summed E-state index contributed by atoms with van der Waals surface area (Å²) in [5.41, 5.74) is 1.40. The second kappa shape index (κ2) is 6.15. The fraction of sp³-hybridized carbons (Fsp3) is 0.647. The van der Waals surface area contributed by atoms with Crippen LogP contribution < -0.4 is 4.74 Å². The summed E-state index contributed by atoms with van der Waals surface area (Å²) < 4.78 is 5.51. The predicted molar refractivity (Wildman–Crippen MR) is 82.1 cm³/mol. The highest BCUT2D eigenvalue weighted by molar-refractivity contribution is 5.27. The highest BCUT2D eigenvalue weighted by atomic mass is 16.5. The van der Waals surface area contributed by atoms with Crippen LogP contribution in [0, 0.1) is 0 Å². The molecule has 3 heteroatoms.